The highest BCUT2D eigenvalue weighted by molar-refractivity contribution is 5.09. The van der Waals surface area contributed by atoms with E-state index in [9.17, 15) is 5.11 Å². The van der Waals surface area contributed by atoms with Crippen molar-refractivity contribution in [3.63, 3.8) is 0 Å². The molecule has 2 N–H and O–H groups in total. The van der Waals surface area contributed by atoms with Crippen molar-refractivity contribution in [3.05, 3.63) is 30.1 Å². The van der Waals surface area contributed by atoms with Crippen molar-refractivity contribution in [1.82, 2.24) is 15.2 Å². The molecule has 4 nitrogen and oxygen atoms in total. The summed E-state index contributed by atoms with van der Waals surface area (Å²) in [4.78, 5) is 6.10. The second-order valence-electron chi connectivity index (χ2n) is 4.41. The Morgan fingerprint density at radius 1 is 1.41 bits per heavy atom. The van der Waals surface area contributed by atoms with Crippen LogP contribution in [0.5, 0.6) is 0 Å². The lowest BCUT2D eigenvalue weighted by molar-refractivity contribution is 0.121. The van der Waals surface area contributed by atoms with Crippen LogP contribution in [0.2, 0.25) is 0 Å². The molecular formula is C13H23N3O. The molecule has 0 fully saturated rings. The second-order valence-corrected chi connectivity index (χ2v) is 4.41. The largest absolute Gasteiger partial charge is 0.390 e. The number of aromatic nitrogens is 1. The molecule has 0 radical (unpaired) electrons. The Morgan fingerprint density at radius 2 is 2.12 bits per heavy atom. The zero-order valence-electron chi connectivity index (χ0n) is 10.8. The van der Waals surface area contributed by atoms with E-state index in [0.717, 1.165) is 19.5 Å². The van der Waals surface area contributed by atoms with Gasteiger partial charge in [0.05, 0.1) is 6.10 Å². The van der Waals surface area contributed by atoms with Gasteiger partial charge in [0.15, 0.2) is 0 Å². The number of nitrogens with one attached hydrogen (secondary N) is 1. The molecule has 0 aromatic carbocycles. The summed E-state index contributed by atoms with van der Waals surface area (Å²) in [6, 6.07) is 4.00. The fraction of sp³-hybridized carbons (Fsp3) is 0.615. The summed E-state index contributed by atoms with van der Waals surface area (Å²) in [6.45, 7) is 5.26. The zero-order valence-corrected chi connectivity index (χ0v) is 10.8. The molecule has 1 aromatic heterocycles. The first kappa shape index (κ1) is 14.1. The molecule has 1 heterocycles. The minimum absolute atomic E-state index is 0.312. The molecule has 0 spiro atoms. The Kier molecular flexibility index (Phi) is 6.77. The number of likely N-dealkylation sites (N-methyl/N-ethyl adjacent to an activating group) is 1. The number of pyridine rings is 1. The summed E-state index contributed by atoms with van der Waals surface area (Å²) < 4.78 is 0. The molecule has 0 aliphatic heterocycles. The molecule has 0 bridgehead atoms. The summed E-state index contributed by atoms with van der Waals surface area (Å²) in [7, 11) is 2.02. The van der Waals surface area contributed by atoms with Crippen LogP contribution < -0.4 is 5.32 Å². The van der Waals surface area contributed by atoms with Gasteiger partial charge in [-0.2, -0.15) is 0 Å². The van der Waals surface area contributed by atoms with Crippen LogP contribution in [0.25, 0.3) is 0 Å². The predicted molar refractivity (Wildman–Crippen MR) is 69.7 cm³/mol. The van der Waals surface area contributed by atoms with Gasteiger partial charge < -0.3 is 10.4 Å². The van der Waals surface area contributed by atoms with Gasteiger partial charge in [-0.15, -0.1) is 0 Å². The molecule has 1 unspecified atom stereocenters. The molecule has 0 saturated heterocycles. The van der Waals surface area contributed by atoms with E-state index in [1.165, 1.54) is 5.56 Å². The normalized spacial score (nSPS) is 12.9. The van der Waals surface area contributed by atoms with Crippen molar-refractivity contribution in [2.75, 3.05) is 26.7 Å². The summed E-state index contributed by atoms with van der Waals surface area (Å²) in [5.74, 6) is 0. The van der Waals surface area contributed by atoms with Gasteiger partial charge in [0.1, 0.15) is 0 Å². The van der Waals surface area contributed by atoms with Crippen LogP contribution in [0.1, 0.15) is 18.9 Å². The van der Waals surface area contributed by atoms with Crippen LogP contribution in [0.4, 0.5) is 0 Å². The Hall–Kier alpha value is -0.970. The van der Waals surface area contributed by atoms with Gasteiger partial charge in [0.2, 0.25) is 0 Å². The molecule has 1 rings (SSSR count). The van der Waals surface area contributed by atoms with Crippen LogP contribution >= 0.6 is 0 Å². The third-order valence-electron chi connectivity index (χ3n) is 2.53. The number of rotatable bonds is 8. The van der Waals surface area contributed by atoms with Crippen LogP contribution in [-0.4, -0.2) is 47.8 Å². The van der Waals surface area contributed by atoms with E-state index in [4.69, 9.17) is 0 Å². The summed E-state index contributed by atoms with van der Waals surface area (Å²) in [5.41, 5.74) is 1.22. The topological polar surface area (TPSA) is 48.4 Å². The highest BCUT2D eigenvalue weighted by Crippen LogP contribution is 2.01. The first-order chi connectivity index (χ1) is 8.22. The highest BCUT2D eigenvalue weighted by Gasteiger charge is 2.07. The average molecular weight is 237 g/mol. The van der Waals surface area contributed by atoms with E-state index < -0.39 is 0 Å². The Morgan fingerprint density at radius 3 is 2.76 bits per heavy atom. The van der Waals surface area contributed by atoms with E-state index in [2.05, 4.69) is 22.1 Å². The molecule has 0 amide bonds. The lowest BCUT2D eigenvalue weighted by Gasteiger charge is -2.20. The van der Waals surface area contributed by atoms with Gasteiger partial charge in [0.25, 0.3) is 0 Å². The molecular weight excluding hydrogens is 214 g/mol. The summed E-state index contributed by atoms with van der Waals surface area (Å²) in [5, 5.41) is 13.0. The minimum atomic E-state index is -0.312. The lowest BCUT2D eigenvalue weighted by atomic mass is 10.2. The number of hydrogen-bond acceptors (Lipinski definition) is 4. The van der Waals surface area contributed by atoms with Crippen LogP contribution in [-0.2, 0) is 6.54 Å². The fourth-order valence-corrected chi connectivity index (χ4v) is 1.73. The molecule has 0 saturated carbocycles. The van der Waals surface area contributed by atoms with Crippen molar-refractivity contribution in [2.24, 2.45) is 0 Å². The smallest absolute Gasteiger partial charge is 0.0791 e. The molecule has 96 valence electrons. The molecule has 0 aliphatic rings. The molecule has 0 aliphatic carbocycles. The van der Waals surface area contributed by atoms with Gasteiger partial charge >= 0.3 is 0 Å². The average Bonchev–Trinajstić information content (AvgIpc) is 2.30. The first-order valence-electron chi connectivity index (χ1n) is 6.18. The maximum Gasteiger partial charge on any atom is 0.0791 e. The zero-order chi connectivity index (χ0) is 12.5. The van der Waals surface area contributed by atoms with E-state index in [-0.39, 0.29) is 6.10 Å². The van der Waals surface area contributed by atoms with Crippen molar-refractivity contribution < 1.29 is 5.11 Å². The van der Waals surface area contributed by atoms with E-state index in [1.807, 2.05) is 19.2 Å². The SMILES string of the molecule is CCCNCC(O)CN(C)Cc1ccncc1. The monoisotopic (exact) mass is 237 g/mol. The van der Waals surface area contributed by atoms with Crippen molar-refractivity contribution >= 4 is 0 Å². The summed E-state index contributed by atoms with van der Waals surface area (Å²) >= 11 is 0. The molecule has 17 heavy (non-hydrogen) atoms. The van der Waals surface area contributed by atoms with Gasteiger partial charge in [-0.3, -0.25) is 9.88 Å². The lowest BCUT2D eigenvalue weighted by Crippen LogP contribution is -2.36. The number of nitrogens with zero attached hydrogens (tertiary/aromatic N) is 2. The standard InChI is InChI=1S/C13H23N3O/c1-3-6-15-9-13(17)11-16(2)10-12-4-7-14-8-5-12/h4-5,7-8,13,15,17H,3,6,9-11H2,1-2H3. The third-order valence-corrected chi connectivity index (χ3v) is 2.53. The van der Waals surface area contributed by atoms with E-state index >= 15 is 0 Å². The van der Waals surface area contributed by atoms with Gasteiger partial charge in [-0.1, -0.05) is 6.92 Å². The van der Waals surface area contributed by atoms with E-state index in [0.29, 0.717) is 13.1 Å². The highest BCUT2D eigenvalue weighted by atomic mass is 16.3. The number of hydrogen-bond donors (Lipinski definition) is 2. The van der Waals surface area contributed by atoms with Crippen molar-refractivity contribution in [2.45, 2.75) is 26.0 Å². The maximum atomic E-state index is 9.81. The number of aliphatic hydroxyl groups excluding tert-OH is 1. The van der Waals surface area contributed by atoms with Crippen molar-refractivity contribution in [1.29, 1.82) is 0 Å². The third kappa shape index (κ3) is 6.36. The van der Waals surface area contributed by atoms with Crippen LogP contribution in [0.15, 0.2) is 24.5 Å². The Labute approximate surface area is 104 Å². The quantitative estimate of drug-likeness (QED) is 0.659. The Bertz CT molecular complexity index is 292. The maximum absolute atomic E-state index is 9.81. The molecule has 4 heteroatoms. The summed E-state index contributed by atoms with van der Waals surface area (Å²) in [6.07, 6.45) is 4.37. The molecule has 1 atom stereocenters. The van der Waals surface area contributed by atoms with Gasteiger partial charge in [0, 0.05) is 32.0 Å². The fourth-order valence-electron chi connectivity index (χ4n) is 1.73. The van der Waals surface area contributed by atoms with Gasteiger partial charge in [-0.05, 0) is 37.7 Å². The van der Waals surface area contributed by atoms with Crippen LogP contribution in [0, 0.1) is 0 Å². The minimum Gasteiger partial charge on any atom is -0.390 e. The second kappa shape index (κ2) is 8.17. The Balaban J connectivity index is 2.22. The molecule has 1 aromatic rings. The van der Waals surface area contributed by atoms with Crippen LogP contribution in [0.3, 0.4) is 0 Å². The first-order valence-corrected chi connectivity index (χ1v) is 6.18. The van der Waals surface area contributed by atoms with Gasteiger partial charge in [-0.25, -0.2) is 0 Å². The number of aliphatic hydroxyl groups is 1. The predicted octanol–water partition coefficient (Wildman–Crippen LogP) is 0.874. The van der Waals surface area contributed by atoms with E-state index in [1.54, 1.807) is 12.4 Å². The van der Waals surface area contributed by atoms with Crippen molar-refractivity contribution in [3.8, 4) is 0 Å².